The van der Waals surface area contributed by atoms with Gasteiger partial charge in [-0.25, -0.2) is 4.79 Å². The van der Waals surface area contributed by atoms with E-state index in [4.69, 9.17) is 19.3 Å². The minimum Gasteiger partial charge on any atom is -0.481 e. The van der Waals surface area contributed by atoms with E-state index in [9.17, 15) is 9.59 Å². The van der Waals surface area contributed by atoms with Crippen LogP contribution >= 0.6 is 0 Å². The molecule has 0 spiro atoms. The molecule has 0 bridgehead atoms. The first-order valence-corrected chi connectivity index (χ1v) is 7.15. The van der Waals surface area contributed by atoms with Crippen molar-refractivity contribution in [2.75, 3.05) is 33.0 Å². The van der Waals surface area contributed by atoms with Gasteiger partial charge in [-0.2, -0.15) is 0 Å². The maximum atomic E-state index is 11.3. The van der Waals surface area contributed by atoms with Crippen LogP contribution in [-0.2, 0) is 19.0 Å². The van der Waals surface area contributed by atoms with E-state index in [1.54, 1.807) is 20.8 Å². The molecule has 0 unspecified atom stereocenters. The van der Waals surface area contributed by atoms with E-state index in [2.05, 4.69) is 5.32 Å². The van der Waals surface area contributed by atoms with Gasteiger partial charge < -0.3 is 24.6 Å². The predicted octanol–water partition coefficient (Wildman–Crippen LogP) is 1.80. The second-order valence-corrected chi connectivity index (χ2v) is 5.50. The molecule has 0 rings (SSSR count). The number of rotatable bonds is 11. The van der Waals surface area contributed by atoms with Crippen LogP contribution in [0.1, 0.15) is 40.0 Å². The van der Waals surface area contributed by atoms with Crippen molar-refractivity contribution in [3.8, 4) is 0 Å². The number of carboxylic acid groups (broad SMARTS) is 1. The van der Waals surface area contributed by atoms with E-state index in [1.165, 1.54) is 0 Å². The molecule has 0 radical (unpaired) electrons. The SMILES string of the molecule is CC(C)(C)OC(=O)NCCOCCOCCCCC(=O)O. The highest BCUT2D eigenvalue weighted by molar-refractivity contribution is 5.67. The maximum absolute atomic E-state index is 11.3. The van der Waals surface area contributed by atoms with Crippen LogP contribution in [0, 0.1) is 0 Å². The van der Waals surface area contributed by atoms with Crippen molar-refractivity contribution in [2.24, 2.45) is 0 Å². The zero-order chi connectivity index (χ0) is 16.1. The van der Waals surface area contributed by atoms with Gasteiger partial charge in [0.25, 0.3) is 0 Å². The van der Waals surface area contributed by atoms with Gasteiger partial charge >= 0.3 is 12.1 Å². The van der Waals surface area contributed by atoms with E-state index in [1.807, 2.05) is 0 Å². The third-order valence-corrected chi connectivity index (χ3v) is 2.22. The van der Waals surface area contributed by atoms with Gasteiger partial charge in [0, 0.05) is 19.6 Å². The number of carboxylic acids is 1. The Morgan fingerprint density at radius 3 is 2.19 bits per heavy atom. The van der Waals surface area contributed by atoms with Crippen LogP contribution in [-0.4, -0.2) is 55.7 Å². The molecule has 0 saturated carbocycles. The Balaban J connectivity index is 3.22. The minimum absolute atomic E-state index is 0.177. The lowest BCUT2D eigenvalue weighted by atomic mass is 10.2. The molecule has 7 heteroatoms. The largest absolute Gasteiger partial charge is 0.481 e. The molecule has 0 aliphatic carbocycles. The number of aliphatic carboxylic acids is 1. The van der Waals surface area contributed by atoms with Gasteiger partial charge in [0.15, 0.2) is 0 Å². The number of amides is 1. The quantitative estimate of drug-likeness (QED) is 0.565. The lowest BCUT2D eigenvalue weighted by molar-refractivity contribution is -0.137. The predicted molar refractivity (Wildman–Crippen MR) is 77.4 cm³/mol. The molecule has 0 heterocycles. The Hall–Kier alpha value is -1.34. The first kappa shape index (κ1) is 19.7. The van der Waals surface area contributed by atoms with Gasteiger partial charge in [0.05, 0.1) is 19.8 Å². The van der Waals surface area contributed by atoms with E-state index in [-0.39, 0.29) is 6.42 Å². The van der Waals surface area contributed by atoms with Crippen LogP contribution in [0.4, 0.5) is 4.79 Å². The summed E-state index contributed by atoms with van der Waals surface area (Å²) < 4.78 is 15.6. The molecular formula is C14H27NO6. The van der Waals surface area contributed by atoms with Gasteiger partial charge in [0.1, 0.15) is 5.60 Å². The second kappa shape index (κ2) is 11.3. The van der Waals surface area contributed by atoms with Gasteiger partial charge in [-0.15, -0.1) is 0 Å². The Morgan fingerprint density at radius 1 is 1.00 bits per heavy atom. The van der Waals surface area contributed by atoms with Crippen molar-refractivity contribution >= 4 is 12.1 Å². The lowest BCUT2D eigenvalue weighted by Crippen LogP contribution is -2.34. The zero-order valence-electron chi connectivity index (χ0n) is 13.1. The fourth-order valence-corrected chi connectivity index (χ4v) is 1.34. The molecule has 2 N–H and O–H groups in total. The topological polar surface area (TPSA) is 94.1 Å². The summed E-state index contributed by atoms with van der Waals surface area (Å²) in [4.78, 5) is 21.5. The molecule has 0 aliphatic rings. The molecule has 124 valence electrons. The molecule has 0 aromatic heterocycles. The average Bonchev–Trinajstić information content (AvgIpc) is 2.33. The highest BCUT2D eigenvalue weighted by atomic mass is 16.6. The van der Waals surface area contributed by atoms with E-state index < -0.39 is 17.7 Å². The molecule has 1 amide bonds. The van der Waals surface area contributed by atoms with E-state index in [0.29, 0.717) is 39.4 Å². The molecule has 0 fully saturated rings. The van der Waals surface area contributed by atoms with Crippen LogP contribution in [0.5, 0.6) is 0 Å². The average molecular weight is 305 g/mol. The highest BCUT2D eigenvalue weighted by Crippen LogP contribution is 2.06. The van der Waals surface area contributed by atoms with Gasteiger partial charge in [0.2, 0.25) is 0 Å². The van der Waals surface area contributed by atoms with Crippen LogP contribution in [0.3, 0.4) is 0 Å². The van der Waals surface area contributed by atoms with Crippen LogP contribution in [0.2, 0.25) is 0 Å². The molecule has 21 heavy (non-hydrogen) atoms. The summed E-state index contributed by atoms with van der Waals surface area (Å²) in [6.07, 6.45) is 1.07. The zero-order valence-corrected chi connectivity index (χ0v) is 13.1. The fourth-order valence-electron chi connectivity index (χ4n) is 1.34. The van der Waals surface area contributed by atoms with Crippen molar-refractivity contribution in [2.45, 2.75) is 45.6 Å². The number of hydrogen-bond acceptors (Lipinski definition) is 5. The summed E-state index contributed by atoms with van der Waals surface area (Å²) in [6.45, 7) is 7.61. The smallest absolute Gasteiger partial charge is 0.407 e. The van der Waals surface area contributed by atoms with Crippen molar-refractivity contribution in [3.05, 3.63) is 0 Å². The van der Waals surface area contributed by atoms with Crippen LogP contribution < -0.4 is 5.32 Å². The third-order valence-electron chi connectivity index (χ3n) is 2.22. The first-order chi connectivity index (χ1) is 9.81. The first-order valence-electron chi connectivity index (χ1n) is 7.15. The molecule has 0 aromatic carbocycles. The minimum atomic E-state index is -0.782. The van der Waals surface area contributed by atoms with E-state index in [0.717, 1.165) is 6.42 Å². The van der Waals surface area contributed by atoms with Gasteiger partial charge in [-0.3, -0.25) is 4.79 Å². The molecule has 0 aromatic rings. The van der Waals surface area contributed by atoms with Crippen LogP contribution in [0.15, 0.2) is 0 Å². The summed E-state index contributed by atoms with van der Waals surface area (Å²) in [5.74, 6) is -0.782. The normalized spacial score (nSPS) is 11.2. The summed E-state index contributed by atoms with van der Waals surface area (Å²) in [5.41, 5.74) is -0.501. The van der Waals surface area contributed by atoms with E-state index >= 15 is 0 Å². The lowest BCUT2D eigenvalue weighted by Gasteiger charge is -2.19. The number of carbonyl (C=O) groups excluding carboxylic acids is 1. The number of nitrogens with one attached hydrogen (secondary N) is 1. The molecule has 0 aliphatic heterocycles. The van der Waals surface area contributed by atoms with Crippen molar-refractivity contribution in [1.29, 1.82) is 0 Å². The number of hydrogen-bond donors (Lipinski definition) is 2. The van der Waals surface area contributed by atoms with Crippen LogP contribution in [0.25, 0.3) is 0 Å². The number of alkyl carbamates (subject to hydrolysis) is 1. The summed E-state index contributed by atoms with van der Waals surface area (Å²) in [5, 5.41) is 11.0. The van der Waals surface area contributed by atoms with Crippen molar-refractivity contribution < 1.29 is 28.9 Å². The standard InChI is InChI=1S/C14H27NO6/c1-14(2,3)21-13(18)15-7-9-20-11-10-19-8-5-4-6-12(16)17/h4-11H2,1-3H3,(H,15,18)(H,16,17). The summed E-state index contributed by atoms with van der Waals surface area (Å²) in [6, 6.07) is 0. The number of unbranched alkanes of at least 4 members (excludes halogenated alkanes) is 1. The van der Waals surface area contributed by atoms with Crippen molar-refractivity contribution in [1.82, 2.24) is 5.32 Å². The maximum Gasteiger partial charge on any atom is 0.407 e. The summed E-state index contributed by atoms with van der Waals surface area (Å²) in [7, 11) is 0. The number of ether oxygens (including phenoxy) is 3. The Morgan fingerprint density at radius 2 is 1.62 bits per heavy atom. The van der Waals surface area contributed by atoms with Gasteiger partial charge in [-0.1, -0.05) is 0 Å². The molecular weight excluding hydrogens is 278 g/mol. The molecule has 0 atom stereocenters. The fraction of sp³-hybridized carbons (Fsp3) is 0.857. The molecule has 7 nitrogen and oxygen atoms in total. The second-order valence-electron chi connectivity index (χ2n) is 5.50. The number of carbonyl (C=O) groups is 2. The summed E-state index contributed by atoms with van der Waals surface area (Å²) >= 11 is 0. The third kappa shape index (κ3) is 16.6. The van der Waals surface area contributed by atoms with Crippen molar-refractivity contribution in [3.63, 3.8) is 0 Å². The monoisotopic (exact) mass is 305 g/mol. The van der Waals surface area contributed by atoms with Gasteiger partial charge in [-0.05, 0) is 33.6 Å². The Bertz CT molecular complexity index is 300. The molecule has 0 saturated heterocycles. The Labute approximate surface area is 125 Å². The Kier molecular flexibility index (Phi) is 10.6. The highest BCUT2D eigenvalue weighted by Gasteiger charge is 2.15.